The van der Waals surface area contributed by atoms with E-state index in [1.54, 1.807) is 16.4 Å². The lowest BCUT2D eigenvalue weighted by Gasteiger charge is -2.28. The van der Waals surface area contributed by atoms with Gasteiger partial charge in [-0.15, -0.1) is 5.10 Å². The third-order valence-electron chi connectivity index (χ3n) is 4.58. The highest BCUT2D eigenvalue weighted by molar-refractivity contribution is 7.99. The molecule has 9 heteroatoms. The second-order valence-electron chi connectivity index (χ2n) is 6.93. The third-order valence-corrected chi connectivity index (χ3v) is 5.62. The number of hydrogen-bond acceptors (Lipinski definition) is 7. The van der Waals surface area contributed by atoms with Gasteiger partial charge in [-0.05, 0) is 44.4 Å². The number of amides is 1. The van der Waals surface area contributed by atoms with Crippen LogP contribution in [0.4, 0.5) is 5.95 Å². The van der Waals surface area contributed by atoms with Crippen molar-refractivity contribution in [1.82, 2.24) is 14.8 Å². The molecule has 0 saturated heterocycles. The summed E-state index contributed by atoms with van der Waals surface area (Å²) in [4.78, 5) is 16.9. The molecule has 1 aliphatic rings. The summed E-state index contributed by atoms with van der Waals surface area (Å²) in [6.07, 6.45) is 1.92. The number of thioether (sulfide) groups is 1. The Kier molecular flexibility index (Phi) is 7.25. The molecule has 8 nitrogen and oxygen atoms in total. The molecular weight excluding hydrogens is 402 g/mol. The van der Waals surface area contributed by atoms with E-state index in [0.29, 0.717) is 47.1 Å². The summed E-state index contributed by atoms with van der Waals surface area (Å²) in [5.41, 5.74) is 7.71. The first-order valence-electron chi connectivity index (χ1n) is 10.3. The predicted octanol–water partition coefficient (Wildman–Crippen LogP) is 3.74. The Bertz CT molecular complexity index is 941. The van der Waals surface area contributed by atoms with Crippen molar-refractivity contribution in [2.75, 3.05) is 24.3 Å². The van der Waals surface area contributed by atoms with Crippen LogP contribution in [0.2, 0.25) is 0 Å². The zero-order valence-corrected chi connectivity index (χ0v) is 18.7. The molecule has 3 N–H and O–H groups in total. The number of primary amides is 1. The first-order chi connectivity index (χ1) is 14.5. The maximum atomic E-state index is 12.4. The number of nitrogens with two attached hydrogens (primary N) is 1. The van der Waals surface area contributed by atoms with Gasteiger partial charge in [-0.1, -0.05) is 31.7 Å². The second-order valence-corrected chi connectivity index (χ2v) is 7.99. The molecule has 3 rings (SSSR count). The second kappa shape index (κ2) is 9.88. The van der Waals surface area contributed by atoms with E-state index in [4.69, 9.17) is 15.2 Å². The van der Waals surface area contributed by atoms with Gasteiger partial charge in [-0.3, -0.25) is 4.79 Å². The molecule has 0 saturated carbocycles. The summed E-state index contributed by atoms with van der Waals surface area (Å²) >= 11 is 1.58. The van der Waals surface area contributed by atoms with Crippen molar-refractivity contribution in [3.05, 3.63) is 35.0 Å². The molecule has 30 heavy (non-hydrogen) atoms. The standard InChI is InChI=1S/C21H29N5O3S/c1-5-10-29-15-9-8-14(12-16(15)28-7-3)18-17(19(22)27)13(4)23-20-24-21(25-26(18)20)30-11-6-2/h8-9,12,18H,5-7,10-11H2,1-4H3,(H2,22,27)(H,23,24,25). The normalized spacial score (nSPS) is 15.5. The summed E-state index contributed by atoms with van der Waals surface area (Å²) in [5, 5.41) is 8.48. The van der Waals surface area contributed by atoms with Gasteiger partial charge in [0.1, 0.15) is 6.04 Å². The SMILES string of the molecule is CCCOc1ccc(C2C(C(N)=O)=C(C)Nc3nc(SCCC)nn32)cc1OCC. The van der Waals surface area contributed by atoms with Crippen LogP contribution in [0.15, 0.2) is 34.6 Å². The zero-order chi connectivity index (χ0) is 21.7. The van der Waals surface area contributed by atoms with Crippen molar-refractivity contribution in [2.45, 2.75) is 51.7 Å². The molecule has 1 aromatic heterocycles. The number of rotatable bonds is 10. The Morgan fingerprint density at radius 2 is 2.03 bits per heavy atom. The summed E-state index contributed by atoms with van der Waals surface area (Å²) < 4.78 is 13.4. The average Bonchev–Trinajstić information content (AvgIpc) is 3.12. The number of anilines is 1. The Balaban J connectivity index is 2.08. The van der Waals surface area contributed by atoms with Crippen LogP contribution >= 0.6 is 11.8 Å². The first kappa shape index (κ1) is 22.0. The van der Waals surface area contributed by atoms with Gasteiger partial charge in [0.25, 0.3) is 0 Å². The Labute approximate surface area is 181 Å². The summed E-state index contributed by atoms with van der Waals surface area (Å²) in [7, 11) is 0. The van der Waals surface area contributed by atoms with Crippen LogP contribution in [0, 0.1) is 0 Å². The van der Waals surface area contributed by atoms with Crippen molar-refractivity contribution < 1.29 is 14.3 Å². The average molecular weight is 432 g/mol. The van der Waals surface area contributed by atoms with Gasteiger partial charge in [-0.25, -0.2) is 4.68 Å². The number of nitrogens with one attached hydrogen (secondary N) is 1. The number of fused-ring (bicyclic) bond motifs is 1. The summed E-state index contributed by atoms with van der Waals surface area (Å²) in [6, 6.07) is 5.19. The van der Waals surface area contributed by atoms with Gasteiger partial charge in [0, 0.05) is 11.4 Å². The van der Waals surface area contributed by atoms with Gasteiger partial charge in [0.15, 0.2) is 11.5 Å². The maximum absolute atomic E-state index is 12.4. The summed E-state index contributed by atoms with van der Waals surface area (Å²) in [6.45, 7) is 9.01. The monoisotopic (exact) mass is 431 g/mol. The van der Waals surface area contributed by atoms with Crippen LogP contribution in [-0.4, -0.2) is 39.6 Å². The quantitative estimate of drug-likeness (QED) is 0.552. The number of hydrogen-bond donors (Lipinski definition) is 2. The van der Waals surface area contributed by atoms with Gasteiger partial charge in [0.05, 0.1) is 18.8 Å². The van der Waals surface area contributed by atoms with E-state index < -0.39 is 11.9 Å². The molecule has 1 amide bonds. The number of nitrogens with zero attached hydrogens (tertiary/aromatic N) is 3. The molecule has 1 aromatic carbocycles. The minimum Gasteiger partial charge on any atom is -0.490 e. The molecule has 0 aliphatic carbocycles. The Morgan fingerprint density at radius 1 is 1.23 bits per heavy atom. The molecule has 2 aromatic rings. The number of benzene rings is 1. The highest BCUT2D eigenvalue weighted by Crippen LogP contribution is 2.39. The molecule has 1 aliphatic heterocycles. The van der Waals surface area contributed by atoms with Crippen LogP contribution in [0.5, 0.6) is 11.5 Å². The molecule has 0 spiro atoms. The van der Waals surface area contributed by atoms with Gasteiger partial charge in [-0.2, -0.15) is 4.98 Å². The molecule has 0 fully saturated rings. The number of carbonyl (C=O) groups excluding carboxylic acids is 1. The van der Waals surface area contributed by atoms with E-state index in [-0.39, 0.29) is 0 Å². The van der Waals surface area contributed by atoms with Crippen molar-refractivity contribution in [2.24, 2.45) is 5.73 Å². The fourth-order valence-electron chi connectivity index (χ4n) is 3.31. The minimum atomic E-state index is -0.502. The maximum Gasteiger partial charge on any atom is 0.248 e. The Hall–Kier alpha value is -2.68. The first-order valence-corrected chi connectivity index (χ1v) is 11.2. The van der Waals surface area contributed by atoms with Crippen LogP contribution in [0.1, 0.15) is 52.1 Å². The van der Waals surface area contributed by atoms with Crippen molar-refractivity contribution in [3.63, 3.8) is 0 Å². The van der Waals surface area contributed by atoms with E-state index in [1.165, 1.54) is 0 Å². The van der Waals surface area contributed by atoms with Crippen LogP contribution in [-0.2, 0) is 4.79 Å². The third kappa shape index (κ3) is 4.56. The molecular formula is C21H29N5O3S. The van der Waals surface area contributed by atoms with E-state index in [2.05, 4.69) is 29.2 Å². The summed E-state index contributed by atoms with van der Waals surface area (Å²) in [5.74, 6) is 2.31. The zero-order valence-electron chi connectivity index (χ0n) is 17.9. The number of ether oxygens (including phenoxy) is 2. The lowest BCUT2D eigenvalue weighted by molar-refractivity contribution is -0.115. The van der Waals surface area contributed by atoms with Gasteiger partial charge < -0.3 is 20.5 Å². The van der Waals surface area contributed by atoms with Crippen LogP contribution in [0.25, 0.3) is 0 Å². The molecule has 1 unspecified atom stereocenters. The highest BCUT2D eigenvalue weighted by Gasteiger charge is 2.33. The van der Waals surface area contributed by atoms with Gasteiger partial charge >= 0.3 is 0 Å². The van der Waals surface area contributed by atoms with Crippen molar-refractivity contribution >= 4 is 23.6 Å². The molecule has 162 valence electrons. The largest absolute Gasteiger partial charge is 0.490 e. The predicted molar refractivity (Wildman–Crippen MR) is 118 cm³/mol. The van der Waals surface area contributed by atoms with Crippen LogP contribution in [0.3, 0.4) is 0 Å². The van der Waals surface area contributed by atoms with Crippen molar-refractivity contribution in [1.29, 1.82) is 0 Å². The Morgan fingerprint density at radius 3 is 2.70 bits per heavy atom. The number of allylic oxidation sites excluding steroid dienone is 1. The minimum absolute atomic E-state index is 0.448. The smallest absolute Gasteiger partial charge is 0.248 e. The fourth-order valence-corrected chi connectivity index (χ4v) is 3.99. The number of aromatic nitrogens is 3. The van der Waals surface area contributed by atoms with Crippen LogP contribution < -0.4 is 20.5 Å². The van der Waals surface area contributed by atoms with E-state index in [9.17, 15) is 4.79 Å². The molecule has 0 bridgehead atoms. The molecule has 1 atom stereocenters. The van der Waals surface area contributed by atoms with E-state index in [1.807, 2.05) is 32.0 Å². The lowest BCUT2D eigenvalue weighted by atomic mass is 9.95. The van der Waals surface area contributed by atoms with E-state index >= 15 is 0 Å². The van der Waals surface area contributed by atoms with Gasteiger partial charge in [0.2, 0.25) is 17.0 Å². The van der Waals surface area contributed by atoms with E-state index in [0.717, 1.165) is 24.2 Å². The fraction of sp³-hybridized carbons (Fsp3) is 0.476. The number of carbonyl (C=O) groups is 1. The topological polar surface area (TPSA) is 104 Å². The molecule has 2 heterocycles. The van der Waals surface area contributed by atoms with Crippen molar-refractivity contribution in [3.8, 4) is 11.5 Å². The lowest BCUT2D eigenvalue weighted by Crippen LogP contribution is -2.31. The molecule has 0 radical (unpaired) electrons. The highest BCUT2D eigenvalue weighted by atomic mass is 32.2.